The van der Waals surface area contributed by atoms with Crippen LogP contribution in [-0.2, 0) is 4.74 Å². The first-order valence-corrected chi connectivity index (χ1v) is 6.16. The number of hydrogen-bond acceptors (Lipinski definition) is 3. The lowest BCUT2D eigenvalue weighted by Crippen LogP contribution is -2.12. The minimum atomic E-state index is -0.533. The molecule has 1 aromatic rings. The van der Waals surface area contributed by atoms with E-state index in [1.165, 1.54) is 12.1 Å². The molecule has 3 nitrogen and oxygen atoms in total. The van der Waals surface area contributed by atoms with Crippen molar-refractivity contribution in [3.8, 4) is 0 Å². The maximum Gasteiger partial charge on any atom is 0.338 e. The minimum absolute atomic E-state index is 0.154. The van der Waals surface area contributed by atoms with Crippen molar-refractivity contribution in [1.29, 1.82) is 0 Å². The van der Waals surface area contributed by atoms with Crippen molar-refractivity contribution in [2.45, 2.75) is 6.92 Å². The number of rotatable bonds is 4. The van der Waals surface area contributed by atoms with Gasteiger partial charge in [0.1, 0.15) is 0 Å². The predicted molar refractivity (Wildman–Crippen MR) is 65.5 cm³/mol. The van der Waals surface area contributed by atoms with E-state index in [4.69, 9.17) is 16.3 Å². The number of ketones is 1. The molecular formula is C11H10BrClO3. The van der Waals surface area contributed by atoms with E-state index < -0.39 is 5.97 Å². The summed E-state index contributed by atoms with van der Waals surface area (Å²) < 4.78 is 4.85. The summed E-state index contributed by atoms with van der Waals surface area (Å²) in [5.74, 6) is -0.714. The Morgan fingerprint density at radius 3 is 2.62 bits per heavy atom. The van der Waals surface area contributed by atoms with Crippen molar-refractivity contribution in [2.24, 2.45) is 0 Å². The van der Waals surface area contributed by atoms with Crippen LogP contribution < -0.4 is 0 Å². The molecule has 0 unspecified atom stereocenters. The molecule has 86 valence electrons. The summed E-state index contributed by atoms with van der Waals surface area (Å²) in [6, 6.07) is 4.54. The molecule has 0 saturated heterocycles. The van der Waals surface area contributed by atoms with Gasteiger partial charge in [0.05, 0.1) is 17.5 Å². The summed E-state index contributed by atoms with van der Waals surface area (Å²) in [4.78, 5) is 23.1. The van der Waals surface area contributed by atoms with E-state index in [9.17, 15) is 9.59 Å². The molecule has 0 aliphatic carbocycles. The number of hydrogen-bond donors (Lipinski definition) is 0. The first-order valence-electron chi connectivity index (χ1n) is 4.66. The summed E-state index contributed by atoms with van der Waals surface area (Å²) >= 11 is 8.84. The van der Waals surface area contributed by atoms with Crippen molar-refractivity contribution in [3.05, 3.63) is 34.3 Å². The Kier molecular flexibility index (Phi) is 4.96. The third kappa shape index (κ3) is 3.06. The van der Waals surface area contributed by atoms with Crippen molar-refractivity contribution < 1.29 is 14.3 Å². The van der Waals surface area contributed by atoms with E-state index >= 15 is 0 Å². The second kappa shape index (κ2) is 6.01. The van der Waals surface area contributed by atoms with E-state index in [2.05, 4.69) is 15.9 Å². The zero-order valence-corrected chi connectivity index (χ0v) is 11.0. The second-order valence-corrected chi connectivity index (χ2v) is 3.96. The van der Waals surface area contributed by atoms with E-state index in [1.54, 1.807) is 13.0 Å². The third-order valence-corrected chi connectivity index (χ3v) is 2.64. The Morgan fingerprint density at radius 1 is 1.38 bits per heavy atom. The van der Waals surface area contributed by atoms with Crippen molar-refractivity contribution in [1.82, 2.24) is 0 Å². The van der Waals surface area contributed by atoms with Gasteiger partial charge in [0, 0.05) is 10.6 Å². The van der Waals surface area contributed by atoms with Crippen LogP contribution in [-0.4, -0.2) is 23.7 Å². The van der Waals surface area contributed by atoms with Gasteiger partial charge in [-0.15, -0.1) is 0 Å². The lowest BCUT2D eigenvalue weighted by Gasteiger charge is -2.07. The predicted octanol–water partition coefficient (Wildman–Crippen LogP) is 3.09. The lowest BCUT2D eigenvalue weighted by atomic mass is 10.0. The fourth-order valence-corrected chi connectivity index (χ4v) is 1.68. The van der Waals surface area contributed by atoms with Crippen LogP contribution in [0.25, 0.3) is 0 Å². The van der Waals surface area contributed by atoms with Gasteiger partial charge in [-0.25, -0.2) is 4.79 Å². The van der Waals surface area contributed by atoms with Crippen molar-refractivity contribution in [3.63, 3.8) is 0 Å². The van der Waals surface area contributed by atoms with Gasteiger partial charge in [-0.05, 0) is 25.1 Å². The third-order valence-electron chi connectivity index (χ3n) is 1.90. The van der Waals surface area contributed by atoms with Crippen LogP contribution in [0.2, 0.25) is 5.02 Å². The molecule has 5 heteroatoms. The second-order valence-electron chi connectivity index (χ2n) is 2.97. The van der Waals surface area contributed by atoms with Crippen LogP contribution in [0.15, 0.2) is 18.2 Å². The maximum atomic E-state index is 11.6. The molecule has 0 radical (unpaired) electrons. The van der Waals surface area contributed by atoms with Crippen molar-refractivity contribution in [2.75, 3.05) is 11.9 Å². The average Bonchev–Trinajstić information content (AvgIpc) is 2.28. The number of alkyl halides is 1. The molecule has 0 saturated carbocycles. The maximum absolute atomic E-state index is 11.6. The Morgan fingerprint density at radius 2 is 2.06 bits per heavy atom. The van der Waals surface area contributed by atoms with Crippen LogP contribution in [0, 0.1) is 0 Å². The fourth-order valence-electron chi connectivity index (χ4n) is 1.21. The summed E-state index contributed by atoms with van der Waals surface area (Å²) in [5.41, 5.74) is 0.526. The Bertz CT molecular complexity index is 418. The molecule has 1 rings (SSSR count). The average molecular weight is 306 g/mol. The number of esters is 1. The van der Waals surface area contributed by atoms with Gasteiger partial charge in [-0.1, -0.05) is 27.5 Å². The first kappa shape index (κ1) is 13.2. The minimum Gasteiger partial charge on any atom is -0.462 e. The van der Waals surface area contributed by atoms with Gasteiger partial charge in [0.25, 0.3) is 0 Å². The Hall–Kier alpha value is -0.870. The van der Waals surface area contributed by atoms with Crippen LogP contribution >= 0.6 is 27.5 Å². The molecule has 0 atom stereocenters. The zero-order chi connectivity index (χ0) is 12.1. The van der Waals surface area contributed by atoms with E-state index in [1.807, 2.05) is 0 Å². The highest BCUT2D eigenvalue weighted by Crippen LogP contribution is 2.18. The van der Waals surface area contributed by atoms with Crippen LogP contribution in [0.4, 0.5) is 0 Å². The number of carbonyl (C=O) groups is 2. The molecule has 0 aromatic heterocycles. The normalized spacial score (nSPS) is 9.94. The summed E-state index contributed by atoms with van der Waals surface area (Å²) in [6.45, 7) is 1.96. The number of benzene rings is 1. The number of halogens is 2. The van der Waals surface area contributed by atoms with Gasteiger partial charge in [-0.2, -0.15) is 0 Å². The standard InChI is InChI=1S/C11H10BrClO3/c1-2-16-11(15)9-5-7(13)3-4-8(9)10(14)6-12/h3-5H,2,6H2,1H3. The SMILES string of the molecule is CCOC(=O)c1cc(Cl)ccc1C(=O)CBr. The molecule has 0 spiro atoms. The van der Waals surface area contributed by atoms with E-state index in [-0.39, 0.29) is 23.3 Å². The van der Waals surface area contributed by atoms with Gasteiger partial charge in [0.15, 0.2) is 5.78 Å². The van der Waals surface area contributed by atoms with Gasteiger partial charge >= 0.3 is 5.97 Å². The molecule has 0 aliphatic rings. The molecule has 0 bridgehead atoms. The molecule has 0 aliphatic heterocycles. The molecule has 1 aromatic carbocycles. The van der Waals surface area contributed by atoms with Gasteiger partial charge < -0.3 is 4.74 Å². The van der Waals surface area contributed by atoms with Crippen molar-refractivity contribution >= 4 is 39.3 Å². The summed E-state index contributed by atoms with van der Waals surface area (Å²) in [7, 11) is 0. The summed E-state index contributed by atoms with van der Waals surface area (Å²) in [5, 5.41) is 0.551. The fraction of sp³-hybridized carbons (Fsp3) is 0.273. The quantitative estimate of drug-likeness (QED) is 0.488. The molecule has 0 amide bonds. The largest absolute Gasteiger partial charge is 0.462 e. The van der Waals surface area contributed by atoms with Crippen LogP contribution in [0.5, 0.6) is 0 Å². The molecular weight excluding hydrogens is 295 g/mol. The molecule has 0 fully saturated rings. The number of Topliss-reactive ketones (excluding diaryl/α,β-unsaturated/α-hetero) is 1. The highest BCUT2D eigenvalue weighted by molar-refractivity contribution is 9.09. The van der Waals surface area contributed by atoms with Crippen LogP contribution in [0.1, 0.15) is 27.6 Å². The molecule has 0 heterocycles. The van der Waals surface area contributed by atoms with Gasteiger partial charge in [-0.3, -0.25) is 4.79 Å². The number of ether oxygens (including phenoxy) is 1. The topological polar surface area (TPSA) is 43.4 Å². The van der Waals surface area contributed by atoms with Gasteiger partial charge in [0.2, 0.25) is 0 Å². The molecule has 0 N–H and O–H groups in total. The Balaban J connectivity index is 3.17. The monoisotopic (exact) mass is 304 g/mol. The smallest absolute Gasteiger partial charge is 0.338 e. The van der Waals surface area contributed by atoms with Crippen LogP contribution in [0.3, 0.4) is 0 Å². The first-order chi connectivity index (χ1) is 7.60. The molecule has 16 heavy (non-hydrogen) atoms. The zero-order valence-electron chi connectivity index (χ0n) is 8.63. The summed E-state index contributed by atoms with van der Waals surface area (Å²) in [6.07, 6.45) is 0. The number of carbonyl (C=O) groups excluding carboxylic acids is 2. The Labute approximate surface area is 107 Å². The lowest BCUT2D eigenvalue weighted by molar-refractivity contribution is 0.0523. The van der Waals surface area contributed by atoms with E-state index in [0.717, 1.165) is 0 Å². The highest BCUT2D eigenvalue weighted by Gasteiger charge is 2.17. The highest BCUT2D eigenvalue weighted by atomic mass is 79.9. The van der Waals surface area contributed by atoms with E-state index in [0.29, 0.717) is 10.6 Å².